The SMILES string of the molecule is CCC1(C)CCN(C(=NC)NCC2CCN(S(C)(=O)=O)C2)C1. The summed E-state index contributed by atoms with van der Waals surface area (Å²) < 4.78 is 24.7. The Morgan fingerprint density at radius 3 is 2.64 bits per heavy atom. The molecule has 1 N–H and O–H groups in total. The van der Waals surface area contributed by atoms with Gasteiger partial charge in [0.2, 0.25) is 10.0 Å². The van der Waals surface area contributed by atoms with Gasteiger partial charge in [-0.3, -0.25) is 4.99 Å². The maximum absolute atomic E-state index is 11.6. The summed E-state index contributed by atoms with van der Waals surface area (Å²) in [6, 6.07) is 0. The van der Waals surface area contributed by atoms with Crippen LogP contribution in [0.1, 0.15) is 33.1 Å². The number of hydrogen-bond donors (Lipinski definition) is 1. The van der Waals surface area contributed by atoms with Crippen LogP contribution in [0.25, 0.3) is 0 Å². The van der Waals surface area contributed by atoms with E-state index in [9.17, 15) is 8.42 Å². The summed E-state index contributed by atoms with van der Waals surface area (Å²) in [4.78, 5) is 6.72. The highest BCUT2D eigenvalue weighted by atomic mass is 32.2. The van der Waals surface area contributed by atoms with Crippen molar-refractivity contribution in [3.05, 3.63) is 0 Å². The van der Waals surface area contributed by atoms with Crippen molar-refractivity contribution in [3.63, 3.8) is 0 Å². The van der Waals surface area contributed by atoms with Crippen molar-refractivity contribution in [1.82, 2.24) is 14.5 Å². The number of aliphatic imine (C=N–C) groups is 1. The summed E-state index contributed by atoms with van der Waals surface area (Å²) in [5.74, 6) is 1.32. The van der Waals surface area contributed by atoms with Crippen molar-refractivity contribution in [2.45, 2.75) is 33.1 Å². The Labute approximate surface area is 135 Å². The van der Waals surface area contributed by atoms with Gasteiger partial charge in [0.15, 0.2) is 5.96 Å². The van der Waals surface area contributed by atoms with Crippen LogP contribution in [0.15, 0.2) is 4.99 Å². The first-order valence-electron chi connectivity index (χ1n) is 8.18. The lowest BCUT2D eigenvalue weighted by Crippen LogP contribution is -2.43. The van der Waals surface area contributed by atoms with E-state index in [-0.39, 0.29) is 0 Å². The molecule has 2 aliphatic rings. The lowest BCUT2D eigenvalue weighted by Gasteiger charge is -2.26. The van der Waals surface area contributed by atoms with E-state index in [2.05, 4.69) is 29.1 Å². The summed E-state index contributed by atoms with van der Waals surface area (Å²) >= 11 is 0. The molecule has 0 bridgehead atoms. The Morgan fingerprint density at radius 1 is 1.41 bits per heavy atom. The molecule has 0 aromatic rings. The first-order chi connectivity index (χ1) is 10.3. The third kappa shape index (κ3) is 4.13. The standard InChI is InChI=1S/C15H30N4O2S/c1-5-15(2)7-9-18(12-15)14(16-3)17-10-13-6-8-19(11-13)22(4,20)21/h13H,5-12H2,1-4H3,(H,16,17). The first kappa shape index (κ1) is 17.5. The van der Waals surface area contributed by atoms with E-state index < -0.39 is 10.0 Å². The summed E-state index contributed by atoms with van der Waals surface area (Å²) in [7, 11) is -1.23. The predicted molar refractivity (Wildman–Crippen MR) is 90.5 cm³/mol. The van der Waals surface area contributed by atoms with Gasteiger partial charge in [-0.25, -0.2) is 12.7 Å². The highest BCUT2D eigenvalue weighted by Crippen LogP contribution is 2.32. The van der Waals surface area contributed by atoms with Gasteiger partial charge in [0.25, 0.3) is 0 Å². The molecule has 7 heteroatoms. The van der Waals surface area contributed by atoms with E-state index in [0.717, 1.165) is 32.0 Å². The van der Waals surface area contributed by atoms with Gasteiger partial charge in [0.1, 0.15) is 0 Å². The molecule has 22 heavy (non-hydrogen) atoms. The first-order valence-corrected chi connectivity index (χ1v) is 10.0. The van der Waals surface area contributed by atoms with Gasteiger partial charge in [0.05, 0.1) is 6.26 Å². The van der Waals surface area contributed by atoms with Crippen molar-refractivity contribution in [2.75, 3.05) is 46.0 Å². The minimum absolute atomic E-state index is 0.367. The van der Waals surface area contributed by atoms with Crippen LogP contribution in [0, 0.1) is 11.3 Å². The molecule has 128 valence electrons. The van der Waals surface area contributed by atoms with Gasteiger partial charge in [-0.05, 0) is 30.6 Å². The van der Waals surface area contributed by atoms with Gasteiger partial charge >= 0.3 is 0 Å². The zero-order chi connectivity index (χ0) is 16.4. The summed E-state index contributed by atoms with van der Waals surface area (Å²) in [6.45, 7) is 8.72. The molecule has 0 aromatic heterocycles. The van der Waals surface area contributed by atoms with E-state index in [1.807, 2.05) is 7.05 Å². The highest BCUT2D eigenvalue weighted by molar-refractivity contribution is 7.88. The molecular formula is C15H30N4O2S. The smallest absolute Gasteiger partial charge is 0.211 e. The normalized spacial score (nSPS) is 31.0. The van der Waals surface area contributed by atoms with Crippen molar-refractivity contribution in [1.29, 1.82) is 0 Å². The number of likely N-dealkylation sites (tertiary alicyclic amines) is 1. The molecule has 2 atom stereocenters. The fourth-order valence-corrected chi connectivity index (χ4v) is 4.24. The zero-order valence-electron chi connectivity index (χ0n) is 14.3. The molecule has 2 heterocycles. The molecule has 2 aliphatic heterocycles. The Morgan fingerprint density at radius 2 is 2.14 bits per heavy atom. The van der Waals surface area contributed by atoms with Gasteiger partial charge in [-0.15, -0.1) is 0 Å². The molecule has 0 aromatic carbocycles. The van der Waals surface area contributed by atoms with Crippen LogP contribution in [-0.4, -0.2) is 69.6 Å². The number of hydrogen-bond acceptors (Lipinski definition) is 3. The molecule has 0 spiro atoms. The van der Waals surface area contributed by atoms with Gasteiger partial charge in [-0.2, -0.15) is 0 Å². The van der Waals surface area contributed by atoms with Crippen molar-refractivity contribution in [2.24, 2.45) is 16.3 Å². The second-order valence-electron chi connectivity index (χ2n) is 7.04. The van der Waals surface area contributed by atoms with E-state index in [1.165, 1.54) is 19.1 Å². The number of rotatable bonds is 4. The molecule has 2 saturated heterocycles. The van der Waals surface area contributed by atoms with E-state index >= 15 is 0 Å². The van der Waals surface area contributed by atoms with Crippen molar-refractivity contribution in [3.8, 4) is 0 Å². The third-order valence-corrected chi connectivity index (χ3v) is 6.46. The van der Waals surface area contributed by atoms with Crippen LogP contribution in [0.3, 0.4) is 0 Å². The fourth-order valence-electron chi connectivity index (χ4n) is 3.33. The van der Waals surface area contributed by atoms with E-state index in [1.54, 1.807) is 4.31 Å². The second-order valence-corrected chi connectivity index (χ2v) is 9.02. The average Bonchev–Trinajstić information content (AvgIpc) is 3.07. The molecule has 0 saturated carbocycles. The number of sulfonamides is 1. The summed E-state index contributed by atoms with van der Waals surface area (Å²) in [6.07, 6.45) is 4.60. The predicted octanol–water partition coefficient (Wildman–Crippen LogP) is 0.965. The summed E-state index contributed by atoms with van der Waals surface area (Å²) in [5.41, 5.74) is 0.387. The maximum Gasteiger partial charge on any atom is 0.211 e. The number of guanidine groups is 1. The Balaban J connectivity index is 1.84. The Hall–Kier alpha value is -0.820. The quantitative estimate of drug-likeness (QED) is 0.616. The van der Waals surface area contributed by atoms with Gasteiger partial charge in [-0.1, -0.05) is 13.8 Å². The van der Waals surface area contributed by atoms with Crippen LogP contribution in [0.4, 0.5) is 0 Å². The fraction of sp³-hybridized carbons (Fsp3) is 0.933. The second kappa shape index (κ2) is 6.74. The molecular weight excluding hydrogens is 300 g/mol. The van der Waals surface area contributed by atoms with E-state index in [0.29, 0.717) is 24.4 Å². The monoisotopic (exact) mass is 330 g/mol. The average molecular weight is 330 g/mol. The van der Waals surface area contributed by atoms with Gasteiger partial charge < -0.3 is 10.2 Å². The van der Waals surface area contributed by atoms with E-state index in [4.69, 9.17) is 0 Å². The minimum atomic E-state index is -3.05. The molecule has 2 unspecified atom stereocenters. The molecule has 0 aliphatic carbocycles. The Bertz CT molecular complexity index is 520. The zero-order valence-corrected chi connectivity index (χ0v) is 15.1. The topological polar surface area (TPSA) is 65.0 Å². The molecule has 6 nitrogen and oxygen atoms in total. The molecule has 2 rings (SSSR count). The van der Waals surface area contributed by atoms with Crippen molar-refractivity contribution < 1.29 is 8.42 Å². The third-order valence-electron chi connectivity index (χ3n) is 5.19. The van der Waals surface area contributed by atoms with Crippen LogP contribution < -0.4 is 5.32 Å². The largest absolute Gasteiger partial charge is 0.356 e. The van der Waals surface area contributed by atoms with Crippen LogP contribution in [0.2, 0.25) is 0 Å². The number of nitrogens with zero attached hydrogens (tertiary/aromatic N) is 3. The van der Waals surface area contributed by atoms with Gasteiger partial charge in [0, 0.05) is 39.8 Å². The minimum Gasteiger partial charge on any atom is -0.356 e. The van der Waals surface area contributed by atoms with Crippen LogP contribution >= 0.6 is 0 Å². The molecule has 0 radical (unpaired) electrons. The molecule has 2 fully saturated rings. The molecule has 0 amide bonds. The number of nitrogens with one attached hydrogen (secondary N) is 1. The highest BCUT2D eigenvalue weighted by Gasteiger charge is 2.34. The Kier molecular flexibility index (Phi) is 5.37. The van der Waals surface area contributed by atoms with Crippen LogP contribution in [0.5, 0.6) is 0 Å². The maximum atomic E-state index is 11.6. The lowest BCUT2D eigenvalue weighted by atomic mass is 9.87. The van der Waals surface area contributed by atoms with Crippen molar-refractivity contribution >= 4 is 16.0 Å². The summed E-state index contributed by atoms with van der Waals surface area (Å²) in [5, 5.41) is 3.44. The lowest BCUT2D eigenvalue weighted by molar-refractivity contribution is 0.321. The van der Waals surface area contributed by atoms with Crippen LogP contribution in [-0.2, 0) is 10.0 Å².